The Balaban J connectivity index is 2.19. The maximum absolute atomic E-state index is 13.1. The third-order valence-electron chi connectivity index (χ3n) is 2.90. The van der Waals surface area contributed by atoms with Crippen molar-refractivity contribution in [2.24, 2.45) is 5.92 Å². The van der Waals surface area contributed by atoms with Crippen molar-refractivity contribution in [2.45, 2.75) is 18.9 Å². The normalized spacial score (nSPS) is 15.9. The van der Waals surface area contributed by atoms with E-state index >= 15 is 0 Å². The summed E-state index contributed by atoms with van der Waals surface area (Å²) in [5, 5.41) is 11.0. The van der Waals surface area contributed by atoms with Crippen LogP contribution in [0.1, 0.15) is 23.2 Å². The molecule has 1 aromatic rings. The van der Waals surface area contributed by atoms with Crippen LogP contribution in [0.4, 0.5) is 8.78 Å². The van der Waals surface area contributed by atoms with Crippen LogP contribution in [0.25, 0.3) is 0 Å². The fraction of sp³-hybridized carbons (Fsp3) is 0.333. The topological polar surface area (TPSA) is 66.4 Å². The van der Waals surface area contributed by atoms with Crippen LogP contribution in [-0.4, -0.2) is 23.0 Å². The van der Waals surface area contributed by atoms with Gasteiger partial charge in [-0.05, 0) is 30.9 Å². The highest BCUT2D eigenvalue weighted by Crippen LogP contribution is 2.33. The Hall–Kier alpha value is -1.69. The average molecular weight is 290 g/mol. The van der Waals surface area contributed by atoms with Crippen molar-refractivity contribution in [2.75, 3.05) is 0 Å². The van der Waals surface area contributed by atoms with Gasteiger partial charge in [0.15, 0.2) is 11.6 Å². The van der Waals surface area contributed by atoms with E-state index in [0.717, 1.165) is 0 Å². The molecular formula is C12H10ClF2NO3. The number of amides is 1. The molecule has 1 saturated carbocycles. The largest absolute Gasteiger partial charge is 0.480 e. The van der Waals surface area contributed by atoms with Crippen LogP contribution in [0.3, 0.4) is 0 Å². The minimum absolute atomic E-state index is 0.120. The second-order valence-electron chi connectivity index (χ2n) is 4.37. The molecule has 2 rings (SSSR count). The number of carboxylic acids is 1. The van der Waals surface area contributed by atoms with Crippen molar-refractivity contribution in [1.29, 1.82) is 0 Å². The quantitative estimate of drug-likeness (QED) is 0.835. The number of benzene rings is 1. The van der Waals surface area contributed by atoms with Crippen LogP contribution in [0.2, 0.25) is 5.02 Å². The predicted molar refractivity (Wildman–Crippen MR) is 63.0 cm³/mol. The van der Waals surface area contributed by atoms with Crippen LogP contribution in [0, 0.1) is 17.6 Å². The third kappa shape index (κ3) is 3.01. The van der Waals surface area contributed by atoms with E-state index in [1.54, 1.807) is 0 Å². The van der Waals surface area contributed by atoms with Crippen LogP contribution >= 0.6 is 11.6 Å². The summed E-state index contributed by atoms with van der Waals surface area (Å²) < 4.78 is 25.9. The summed E-state index contributed by atoms with van der Waals surface area (Å²) in [6, 6.07) is 0.300. The summed E-state index contributed by atoms with van der Waals surface area (Å²) in [4.78, 5) is 22.8. The van der Waals surface area contributed by atoms with E-state index in [2.05, 4.69) is 5.32 Å². The highest BCUT2D eigenvalue weighted by Gasteiger charge is 2.37. The molecule has 0 radical (unpaired) electrons. The van der Waals surface area contributed by atoms with Gasteiger partial charge in [0.2, 0.25) is 0 Å². The van der Waals surface area contributed by atoms with Gasteiger partial charge >= 0.3 is 5.97 Å². The van der Waals surface area contributed by atoms with E-state index in [0.29, 0.717) is 25.0 Å². The van der Waals surface area contributed by atoms with E-state index in [4.69, 9.17) is 16.7 Å². The zero-order valence-corrected chi connectivity index (χ0v) is 10.4. The number of carbonyl (C=O) groups is 2. The maximum atomic E-state index is 13.1. The number of hydrogen-bond acceptors (Lipinski definition) is 2. The second kappa shape index (κ2) is 5.13. The lowest BCUT2D eigenvalue weighted by atomic mass is 10.1. The fourth-order valence-electron chi connectivity index (χ4n) is 1.73. The molecule has 1 fully saturated rings. The van der Waals surface area contributed by atoms with Gasteiger partial charge in [-0.25, -0.2) is 13.6 Å². The lowest BCUT2D eigenvalue weighted by molar-refractivity contribution is -0.139. The van der Waals surface area contributed by atoms with Crippen molar-refractivity contribution < 1.29 is 23.5 Å². The summed E-state index contributed by atoms with van der Waals surface area (Å²) >= 11 is 5.64. The van der Waals surface area contributed by atoms with Crippen LogP contribution in [-0.2, 0) is 4.79 Å². The van der Waals surface area contributed by atoms with Crippen molar-refractivity contribution >= 4 is 23.5 Å². The van der Waals surface area contributed by atoms with Gasteiger partial charge in [-0.15, -0.1) is 0 Å². The number of aliphatic carboxylic acids is 1. The molecule has 0 spiro atoms. The van der Waals surface area contributed by atoms with E-state index in [1.165, 1.54) is 0 Å². The molecule has 0 bridgehead atoms. The molecule has 102 valence electrons. The van der Waals surface area contributed by atoms with Crippen molar-refractivity contribution in [1.82, 2.24) is 5.32 Å². The summed E-state index contributed by atoms with van der Waals surface area (Å²) in [5.74, 6) is -4.49. The molecule has 0 aromatic heterocycles. The Bertz CT molecular complexity index is 546. The van der Waals surface area contributed by atoms with Crippen molar-refractivity contribution in [3.8, 4) is 0 Å². The molecule has 1 amide bonds. The van der Waals surface area contributed by atoms with Gasteiger partial charge in [-0.1, -0.05) is 11.6 Å². The smallest absolute Gasteiger partial charge is 0.326 e. The van der Waals surface area contributed by atoms with E-state index in [9.17, 15) is 18.4 Å². The first-order valence-electron chi connectivity index (χ1n) is 5.58. The van der Waals surface area contributed by atoms with Crippen LogP contribution in [0.15, 0.2) is 12.1 Å². The third-order valence-corrected chi connectivity index (χ3v) is 3.21. The van der Waals surface area contributed by atoms with Crippen molar-refractivity contribution in [3.05, 3.63) is 34.4 Å². The molecule has 1 atom stereocenters. The molecule has 7 heteroatoms. The average Bonchev–Trinajstić information content (AvgIpc) is 3.14. The first kappa shape index (κ1) is 13.7. The standard InChI is InChI=1S/C12H10ClF2NO3/c13-7-4-9(15)8(14)3-6(7)11(17)16-10(12(18)19)5-1-2-5/h3-5,10H,1-2H2,(H,16,17)(H,18,19). The van der Waals surface area contributed by atoms with Crippen LogP contribution < -0.4 is 5.32 Å². The number of rotatable bonds is 4. The van der Waals surface area contributed by atoms with Crippen LogP contribution in [0.5, 0.6) is 0 Å². The molecule has 19 heavy (non-hydrogen) atoms. The molecule has 1 aromatic carbocycles. The molecule has 2 N–H and O–H groups in total. The Morgan fingerprint density at radius 3 is 2.42 bits per heavy atom. The van der Waals surface area contributed by atoms with E-state index in [1.807, 2.05) is 0 Å². The van der Waals surface area contributed by atoms with Gasteiger partial charge in [-0.3, -0.25) is 4.79 Å². The molecule has 1 unspecified atom stereocenters. The summed E-state index contributed by atoms with van der Waals surface area (Å²) in [5.41, 5.74) is -0.285. The maximum Gasteiger partial charge on any atom is 0.326 e. The van der Waals surface area contributed by atoms with E-state index < -0.39 is 29.6 Å². The zero-order valence-electron chi connectivity index (χ0n) is 9.62. The number of carbonyl (C=O) groups excluding carboxylic acids is 1. The van der Waals surface area contributed by atoms with Gasteiger partial charge < -0.3 is 10.4 Å². The zero-order chi connectivity index (χ0) is 14.2. The summed E-state index contributed by atoms with van der Waals surface area (Å²) in [6.45, 7) is 0. The Morgan fingerprint density at radius 2 is 1.89 bits per heavy atom. The number of halogens is 3. The number of carboxylic acid groups (broad SMARTS) is 1. The van der Waals surface area contributed by atoms with Gasteiger partial charge in [-0.2, -0.15) is 0 Å². The highest BCUT2D eigenvalue weighted by molar-refractivity contribution is 6.33. The summed E-state index contributed by atoms with van der Waals surface area (Å²) in [7, 11) is 0. The van der Waals surface area contributed by atoms with Gasteiger partial charge in [0.1, 0.15) is 6.04 Å². The molecule has 0 heterocycles. The van der Waals surface area contributed by atoms with Gasteiger partial charge in [0.05, 0.1) is 10.6 Å². The summed E-state index contributed by atoms with van der Waals surface area (Å²) in [6.07, 6.45) is 1.42. The molecule has 4 nitrogen and oxygen atoms in total. The lowest BCUT2D eigenvalue weighted by Crippen LogP contribution is -2.42. The molecule has 0 aliphatic heterocycles. The Labute approximate surface area is 112 Å². The lowest BCUT2D eigenvalue weighted by Gasteiger charge is -2.14. The number of hydrogen-bond donors (Lipinski definition) is 2. The SMILES string of the molecule is O=C(NC(C(=O)O)C1CC1)c1cc(F)c(F)cc1Cl. The Morgan fingerprint density at radius 1 is 1.32 bits per heavy atom. The van der Waals surface area contributed by atoms with Gasteiger partial charge in [0, 0.05) is 0 Å². The number of nitrogens with one attached hydrogen (secondary N) is 1. The monoisotopic (exact) mass is 289 g/mol. The minimum Gasteiger partial charge on any atom is -0.480 e. The van der Waals surface area contributed by atoms with Gasteiger partial charge in [0.25, 0.3) is 5.91 Å². The predicted octanol–water partition coefficient (Wildman–Crippen LogP) is 2.21. The second-order valence-corrected chi connectivity index (χ2v) is 4.78. The van der Waals surface area contributed by atoms with E-state index in [-0.39, 0.29) is 16.5 Å². The fourth-order valence-corrected chi connectivity index (χ4v) is 1.96. The first-order chi connectivity index (χ1) is 8.90. The highest BCUT2D eigenvalue weighted by atomic mass is 35.5. The first-order valence-corrected chi connectivity index (χ1v) is 5.96. The Kier molecular flexibility index (Phi) is 3.71. The molecule has 0 saturated heterocycles. The molecular weight excluding hydrogens is 280 g/mol. The minimum atomic E-state index is -1.21. The molecule has 1 aliphatic carbocycles. The molecule has 1 aliphatic rings. The van der Waals surface area contributed by atoms with Crippen molar-refractivity contribution in [3.63, 3.8) is 0 Å².